The van der Waals surface area contributed by atoms with Crippen molar-refractivity contribution < 1.29 is 9.26 Å². The maximum atomic E-state index is 5.36. The lowest BCUT2D eigenvalue weighted by molar-refractivity contribution is 0.350. The molecule has 1 saturated heterocycles. The topological polar surface area (TPSA) is 60.2 Å². The molecule has 1 aliphatic heterocycles. The van der Waals surface area contributed by atoms with E-state index in [0.717, 1.165) is 30.1 Å². The summed E-state index contributed by atoms with van der Waals surface area (Å²) in [7, 11) is 1.67. The minimum Gasteiger partial charge on any atom is -0.496 e. The molecule has 1 aromatic heterocycles. The van der Waals surface area contributed by atoms with Gasteiger partial charge in [0, 0.05) is 5.56 Å². The Hall–Kier alpha value is -1.88. The standard InChI is InChI=1S/C15H19N3O2/c1-19-13-8-3-2-6-11(13)10-14-17-15(18-20-14)12-7-4-5-9-16-12/h2-3,6,8,12,16H,4-5,7,9-10H2,1H3. The molecule has 0 saturated carbocycles. The summed E-state index contributed by atoms with van der Waals surface area (Å²) < 4.78 is 10.7. The highest BCUT2D eigenvalue weighted by Crippen LogP contribution is 2.23. The molecule has 1 unspecified atom stereocenters. The maximum absolute atomic E-state index is 5.36. The minimum absolute atomic E-state index is 0.235. The molecule has 1 N–H and O–H groups in total. The summed E-state index contributed by atoms with van der Waals surface area (Å²) in [5.41, 5.74) is 1.06. The number of nitrogens with zero attached hydrogens (tertiary/aromatic N) is 2. The fourth-order valence-corrected chi connectivity index (χ4v) is 2.57. The number of ether oxygens (including phenoxy) is 1. The van der Waals surface area contributed by atoms with E-state index in [1.54, 1.807) is 7.11 Å². The van der Waals surface area contributed by atoms with Crippen LogP contribution in [0.2, 0.25) is 0 Å². The van der Waals surface area contributed by atoms with Crippen LogP contribution in [0.15, 0.2) is 28.8 Å². The molecular formula is C15H19N3O2. The van der Waals surface area contributed by atoms with E-state index >= 15 is 0 Å². The van der Waals surface area contributed by atoms with E-state index in [4.69, 9.17) is 9.26 Å². The van der Waals surface area contributed by atoms with Crippen molar-refractivity contribution >= 4 is 0 Å². The lowest BCUT2D eigenvalue weighted by Crippen LogP contribution is -2.27. The highest BCUT2D eigenvalue weighted by atomic mass is 16.5. The van der Waals surface area contributed by atoms with Crippen LogP contribution in [0.3, 0.4) is 0 Å². The van der Waals surface area contributed by atoms with Crippen LogP contribution in [0, 0.1) is 0 Å². The largest absolute Gasteiger partial charge is 0.496 e. The molecule has 3 rings (SSSR count). The Kier molecular flexibility index (Phi) is 3.97. The number of piperidine rings is 1. The summed E-state index contributed by atoms with van der Waals surface area (Å²) >= 11 is 0. The zero-order valence-corrected chi connectivity index (χ0v) is 11.6. The van der Waals surface area contributed by atoms with Crippen molar-refractivity contribution in [2.75, 3.05) is 13.7 Å². The van der Waals surface area contributed by atoms with E-state index in [-0.39, 0.29) is 6.04 Å². The third kappa shape index (κ3) is 2.82. The minimum atomic E-state index is 0.235. The molecular weight excluding hydrogens is 254 g/mol. The molecule has 106 valence electrons. The van der Waals surface area contributed by atoms with Gasteiger partial charge >= 0.3 is 0 Å². The van der Waals surface area contributed by atoms with Gasteiger partial charge in [0.05, 0.1) is 19.6 Å². The summed E-state index contributed by atoms with van der Waals surface area (Å²) in [6, 6.07) is 8.13. The Labute approximate surface area is 118 Å². The summed E-state index contributed by atoms with van der Waals surface area (Å²) in [4.78, 5) is 4.51. The van der Waals surface area contributed by atoms with Crippen molar-refractivity contribution in [3.63, 3.8) is 0 Å². The third-order valence-corrected chi connectivity index (χ3v) is 3.64. The fraction of sp³-hybridized carbons (Fsp3) is 0.467. The Morgan fingerprint density at radius 3 is 3.05 bits per heavy atom. The number of rotatable bonds is 4. The van der Waals surface area contributed by atoms with Crippen LogP contribution in [0.5, 0.6) is 5.75 Å². The van der Waals surface area contributed by atoms with Gasteiger partial charge in [-0.05, 0) is 25.5 Å². The monoisotopic (exact) mass is 273 g/mol. The van der Waals surface area contributed by atoms with Crippen molar-refractivity contribution in [1.82, 2.24) is 15.5 Å². The average Bonchev–Trinajstić information content (AvgIpc) is 2.97. The Morgan fingerprint density at radius 1 is 1.35 bits per heavy atom. The predicted molar refractivity (Wildman–Crippen MR) is 74.7 cm³/mol. The van der Waals surface area contributed by atoms with Gasteiger partial charge in [0.25, 0.3) is 0 Å². The lowest BCUT2D eigenvalue weighted by atomic mass is 10.0. The van der Waals surface area contributed by atoms with Crippen molar-refractivity contribution in [2.24, 2.45) is 0 Å². The van der Waals surface area contributed by atoms with E-state index in [2.05, 4.69) is 15.5 Å². The summed E-state index contributed by atoms with van der Waals surface area (Å²) in [6.45, 7) is 1.03. The first-order valence-corrected chi connectivity index (χ1v) is 7.04. The lowest BCUT2D eigenvalue weighted by Gasteiger charge is -2.19. The second-order valence-corrected chi connectivity index (χ2v) is 5.04. The molecule has 0 spiro atoms. The number of aromatic nitrogens is 2. The van der Waals surface area contributed by atoms with E-state index in [1.807, 2.05) is 24.3 Å². The van der Waals surface area contributed by atoms with Gasteiger partial charge in [0.15, 0.2) is 5.82 Å². The number of nitrogens with one attached hydrogen (secondary N) is 1. The number of hydrogen-bond acceptors (Lipinski definition) is 5. The van der Waals surface area contributed by atoms with E-state index in [0.29, 0.717) is 12.3 Å². The molecule has 1 fully saturated rings. The highest BCUT2D eigenvalue weighted by Gasteiger charge is 2.20. The zero-order valence-electron chi connectivity index (χ0n) is 11.6. The Morgan fingerprint density at radius 2 is 2.25 bits per heavy atom. The van der Waals surface area contributed by atoms with Gasteiger partial charge in [-0.3, -0.25) is 0 Å². The zero-order chi connectivity index (χ0) is 13.8. The molecule has 5 nitrogen and oxygen atoms in total. The Balaban J connectivity index is 1.73. The predicted octanol–water partition coefficient (Wildman–Crippen LogP) is 2.48. The third-order valence-electron chi connectivity index (χ3n) is 3.64. The van der Waals surface area contributed by atoms with Gasteiger partial charge in [0.2, 0.25) is 5.89 Å². The summed E-state index contributed by atoms with van der Waals surface area (Å²) in [5, 5.41) is 7.53. The molecule has 1 aromatic carbocycles. The Bertz CT molecular complexity index is 562. The first kappa shape index (κ1) is 13.1. The van der Waals surface area contributed by atoms with E-state index in [9.17, 15) is 0 Å². The second-order valence-electron chi connectivity index (χ2n) is 5.04. The normalized spacial score (nSPS) is 18.9. The highest BCUT2D eigenvalue weighted by molar-refractivity contribution is 5.34. The van der Waals surface area contributed by atoms with Crippen LogP contribution in [0.4, 0.5) is 0 Å². The molecule has 5 heteroatoms. The van der Waals surface area contributed by atoms with Crippen LogP contribution in [-0.4, -0.2) is 23.8 Å². The van der Waals surface area contributed by atoms with Gasteiger partial charge < -0.3 is 14.6 Å². The van der Waals surface area contributed by atoms with Gasteiger partial charge in [0.1, 0.15) is 5.75 Å². The smallest absolute Gasteiger partial charge is 0.231 e. The van der Waals surface area contributed by atoms with Gasteiger partial charge in [-0.25, -0.2) is 0 Å². The average molecular weight is 273 g/mol. The molecule has 0 bridgehead atoms. The molecule has 0 radical (unpaired) electrons. The SMILES string of the molecule is COc1ccccc1Cc1nc(C2CCCCN2)no1. The molecule has 1 aliphatic rings. The number of methoxy groups -OCH3 is 1. The first-order chi connectivity index (χ1) is 9.86. The molecule has 20 heavy (non-hydrogen) atoms. The summed E-state index contributed by atoms with van der Waals surface area (Å²) in [5.74, 6) is 2.26. The number of para-hydroxylation sites is 1. The molecule has 0 amide bonds. The van der Waals surface area contributed by atoms with Crippen LogP contribution in [-0.2, 0) is 6.42 Å². The molecule has 0 aliphatic carbocycles. The van der Waals surface area contributed by atoms with Gasteiger partial charge in [-0.2, -0.15) is 4.98 Å². The summed E-state index contributed by atoms with van der Waals surface area (Å²) in [6.07, 6.45) is 4.12. The van der Waals surface area contributed by atoms with Crippen LogP contribution in [0.25, 0.3) is 0 Å². The van der Waals surface area contributed by atoms with Crippen LogP contribution >= 0.6 is 0 Å². The quantitative estimate of drug-likeness (QED) is 0.927. The van der Waals surface area contributed by atoms with Crippen molar-refractivity contribution in [2.45, 2.75) is 31.7 Å². The molecule has 2 aromatic rings. The van der Waals surface area contributed by atoms with Crippen LogP contribution in [0.1, 0.15) is 42.6 Å². The van der Waals surface area contributed by atoms with Gasteiger partial charge in [-0.1, -0.05) is 29.8 Å². The van der Waals surface area contributed by atoms with Crippen molar-refractivity contribution in [1.29, 1.82) is 0 Å². The molecule has 2 heterocycles. The fourth-order valence-electron chi connectivity index (χ4n) is 2.57. The van der Waals surface area contributed by atoms with Crippen molar-refractivity contribution in [3.05, 3.63) is 41.5 Å². The van der Waals surface area contributed by atoms with E-state index in [1.165, 1.54) is 12.8 Å². The molecule has 1 atom stereocenters. The second kappa shape index (κ2) is 6.05. The van der Waals surface area contributed by atoms with E-state index < -0.39 is 0 Å². The number of benzene rings is 1. The number of hydrogen-bond donors (Lipinski definition) is 1. The maximum Gasteiger partial charge on any atom is 0.231 e. The van der Waals surface area contributed by atoms with Crippen LogP contribution < -0.4 is 10.1 Å². The van der Waals surface area contributed by atoms with Gasteiger partial charge in [-0.15, -0.1) is 0 Å². The first-order valence-electron chi connectivity index (χ1n) is 7.04. The van der Waals surface area contributed by atoms with Crippen molar-refractivity contribution in [3.8, 4) is 5.75 Å².